The number of carboxylic acid groups (broad SMARTS) is 1. The Morgan fingerprint density at radius 2 is 1.96 bits per heavy atom. The molecule has 2 aromatic carbocycles. The van der Waals surface area contributed by atoms with Gasteiger partial charge in [0.25, 0.3) is 5.91 Å². The molecule has 25 heavy (non-hydrogen) atoms. The summed E-state index contributed by atoms with van der Waals surface area (Å²) in [5.74, 6) is -0.908. The Bertz CT molecular complexity index is 880. The Labute approximate surface area is 158 Å². The van der Waals surface area contributed by atoms with Crippen molar-refractivity contribution >= 4 is 39.6 Å². The molecule has 1 atom stereocenters. The Balaban J connectivity index is 2.07. The molecular weight excluding hydrogens is 402 g/mol. The van der Waals surface area contributed by atoms with Crippen molar-refractivity contribution in [2.24, 2.45) is 0 Å². The number of carbonyl (C=O) groups is 2. The van der Waals surface area contributed by atoms with E-state index in [0.29, 0.717) is 11.3 Å². The number of benzene rings is 2. The van der Waals surface area contributed by atoms with Crippen LogP contribution in [0, 0.1) is 6.92 Å². The molecule has 1 aliphatic heterocycles. The van der Waals surface area contributed by atoms with Crippen molar-refractivity contribution in [3.05, 3.63) is 80.7 Å². The lowest BCUT2D eigenvalue weighted by atomic mass is 9.84. The Morgan fingerprint density at radius 1 is 1.20 bits per heavy atom. The summed E-state index contributed by atoms with van der Waals surface area (Å²) in [4.78, 5) is 24.7. The van der Waals surface area contributed by atoms with Gasteiger partial charge in [-0.3, -0.25) is 4.79 Å². The minimum atomic E-state index is -1.09. The van der Waals surface area contributed by atoms with E-state index in [1.54, 1.807) is 17.5 Å². The van der Waals surface area contributed by atoms with E-state index in [-0.39, 0.29) is 11.5 Å². The number of thioether (sulfide) groups is 1. The summed E-state index contributed by atoms with van der Waals surface area (Å²) in [5.41, 5.74) is 1.29. The van der Waals surface area contributed by atoms with Gasteiger partial charge >= 0.3 is 5.97 Å². The number of nitrogens with one attached hydrogen (secondary N) is 1. The molecule has 0 radical (unpaired) electrons. The van der Waals surface area contributed by atoms with Crippen molar-refractivity contribution < 1.29 is 14.7 Å². The number of rotatable bonds is 4. The molecule has 128 valence electrons. The molecule has 0 saturated heterocycles. The van der Waals surface area contributed by atoms with Gasteiger partial charge in [0.2, 0.25) is 0 Å². The van der Waals surface area contributed by atoms with E-state index in [2.05, 4.69) is 21.2 Å². The van der Waals surface area contributed by atoms with Crippen LogP contribution >= 0.6 is 27.7 Å². The Morgan fingerprint density at radius 3 is 2.64 bits per heavy atom. The first-order chi connectivity index (χ1) is 11.9. The van der Waals surface area contributed by atoms with Crippen molar-refractivity contribution in [3.8, 4) is 0 Å². The molecule has 3 rings (SSSR count). The molecule has 0 fully saturated rings. The van der Waals surface area contributed by atoms with Gasteiger partial charge in [-0.2, -0.15) is 0 Å². The summed E-state index contributed by atoms with van der Waals surface area (Å²) in [7, 11) is 0. The van der Waals surface area contributed by atoms with E-state index >= 15 is 0 Å². The highest BCUT2D eigenvalue weighted by molar-refractivity contribution is 9.10. The van der Waals surface area contributed by atoms with E-state index in [0.717, 1.165) is 15.6 Å². The number of amides is 1. The molecule has 2 N–H and O–H groups in total. The molecule has 1 amide bonds. The van der Waals surface area contributed by atoms with E-state index in [1.807, 2.05) is 43.3 Å². The topological polar surface area (TPSA) is 66.4 Å². The highest BCUT2D eigenvalue weighted by Crippen LogP contribution is 2.43. The molecule has 0 bridgehead atoms. The Kier molecular flexibility index (Phi) is 5.01. The maximum atomic E-state index is 12.9. The van der Waals surface area contributed by atoms with Crippen LogP contribution in [-0.4, -0.2) is 22.7 Å². The van der Waals surface area contributed by atoms with Crippen molar-refractivity contribution in [2.45, 2.75) is 12.5 Å². The summed E-state index contributed by atoms with van der Waals surface area (Å²) in [5, 5.41) is 14.3. The van der Waals surface area contributed by atoms with Crippen molar-refractivity contribution in [3.63, 3.8) is 0 Å². The second-order valence-electron chi connectivity index (χ2n) is 5.86. The van der Waals surface area contributed by atoms with Gasteiger partial charge in [-0.1, -0.05) is 51.8 Å². The van der Waals surface area contributed by atoms with E-state index in [4.69, 9.17) is 0 Å². The van der Waals surface area contributed by atoms with Crippen LogP contribution in [0.4, 0.5) is 0 Å². The molecule has 0 aromatic heterocycles. The molecule has 4 nitrogen and oxygen atoms in total. The van der Waals surface area contributed by atoms with Crippen LogP contribution in [0.5, 0.6) is 0 Å². The predicted molar refractivity (Wildman–Crippen MR) is 103 cm³/mol. The van der Waals surface area contributed by atoms with Gasteiger partial charge in [-0.05, 0) is 36.1 Å². The third-order valence-electron chi connectivity index (χ3n) is 4.13. The fraction of sp³-hybridized carbons (Fsp3) is 0.158. The second kappa shape index (κ2) is 7.06. The minimum absolute atomic E-state index is 0.172. The number of hydrogen-bond donors (Lipinski definition) is 2. The number of aryl methyl sites for hydroxylation is 1. The van der Waals surface area contributed by atoms with Gasteiger partial charge < -0.3 is 10.4 Å². The fourth-order valence-corrected chi connectivity index (χ4v) is 4.72. The standard InChI is InChI=1S/C19H16BrNO3S/c1-12-5-4-6-13(9-12)17(22)21-19(11-25-10-15(19)18(23)24)14-7-2-3-8-16(14)20/h2-10H,11H2,1H3,(H,21,22)(H,23,24). The molecule has 0 spiro atoms. The zero-order valence-corrected chi connectivity index (χ0v) is 15.9. The van der Waals surface area contributed by atoms with Crippen LogP contribution in [-0.2, 0) is 10.3 Å². The molecule has 1 unspecified atom stereocenters. The highest BCUT2D eigenvalue weighted by Gasteiger charge is 2.45. The predicted octanol–water partition coefficient (Wildman–Crippen LogP) is 4.10. The minimum Gasteiger partial charge on any atom is -0.478 e. The largest absolute Gasteiger partial charge is 0.478 e. The van der Waals surface area contributed by atoms with Crippen LogP contribution in [0.15, 0.2) is 64.0 Å². The number of carboxylic acids is 1. The van der Waals surface area contributed by atoms with E-state index in [1.165, 1.54) is 11.8 Å². The average molecular weight is 418 g/mol. The van der Waals surface area contributed by atoms with Gasteiger partial charge in [0.15, 0.2) is 0 Å². The first-order valence-electron chi connectivity index (χ1n) is 7.64. The zero-order chi connectivity index (χ0) is 18.0. The summed E-state index contributed by atoms with van der Waals surface area (Å²) in [6, 6.07) is 14.6. The first kappa shape index (κ1) is 17.8. The van der Waals surface area contributed by atoms with E-state index in [9.17, 15) is 14.7 Å². The second-order valence-corrected chi connectivity index (χ2v) is 7.57. The lowest BCUT2D eigenvalue weighted by Gasteiger charge is -2.33. The number of aliphatic carboxylic acids is 1. The van der Waals surface area contributed by atoms with Crippen LogP contribution in [0.1, 0.15) is 21.5 Å². The molecule has 2 aromatic rings. The molecule has 0 saturated carbocycles. The monoisotopic (exact) mass is 417 g/mol. The summed E-state index contributed by atoms with van der Waals surface area (Å²) in [6.45, 7) is 1.91. The third-order valence-corrected chi connectivity index (χ3v) is 5.83. The maximum Gasteiger partial charge on any atom is 0.334 e. The van der Waals surface area contributed by atoms with Gasteiger partial charge in [0, 0.05) is 15.8 Å². The smallest absolute Gasteiger partial charge is 0.334 e. The van der Waals surface area contributed by atoms with E-state index < -0.39 is 11.5 Å². The lowest BCUT2D eigenvalue weighted by molar-refractivity contribution is -0.133. The van der Waals surface area contributed by atoms with Crippen LogP contribution in [0.3, 0.4) is 0 Å². The maximum absolute atomic E-state index is 12.9. The van der Waals surface area contributed by atoms with Gasteiger partial charge in [0.05, 0.1) is 5.57 Å². The van der Waals surface area contributed by atoms with Gasteiger partial charge in [-0.15, -0.1) is 11.8 Å². The summed E-state index contributed by atoms with van der Waals surface area (Å²) in [6.07, 6.45) is 0. The van der Waals surface area contributed by atoms with Crippen molar-refractivity contribution in [1.82, 2.24) is 5.32 Å². The number of carbonyl (C=O) groups excluding carboxylic acids is 1. The lowest BCUT2D eigenvalue weighted by Crippen LogP contribution is -2.49. The first-order valence-corrected chi connectivity index (χ1v) is 9.48. The number of halogens is 1. The van der Waals surface area contributed by atoms with Crippen LogP contribution in [0.25, 0.3) is 0 Å². The third kappa shape index (κ3) is 3.37. The number of hydrogen-bond acceptors (Lipinski definition) is 3. The van der Waals surface area contributed by atoms with Crippen LogP contribution in [0.2, 0.25) is 0 Å². The fourth-order valence-electron chi connectivity index (χ4n) is 2.91. The Hall–Kier alpha value is -2.05. The highest BCUT2D eigenvalue weighted by atomic mass is 79.9. The molecule has 1 heterocycles. The van der Waals surface area contributed by atoms with Crippen molar-refractivity contribution in [1.29, 1.82) is 0 Å². The summed E-state index contributed by atoms with van der Waals surface area (Å²) < 4.78 is 0.759. The quantitative estimate of drug-likeness (QED) is 0.785. The SMILES string of the molecule is Cc1cccc(C(=O)NC2(c3ccccc3Br)CSC=C2C(=O)O)c1. The zero-order valence-electron chi connectivity index (χ0n) is 13.5. The van der Waals surface area contributed by atoms with Gasteiger partial charge in [0.1, 0.15) is 5.54 Å². The normalized spacial score (nSPS) is 19.4. The molecule has 1 aliphatic rings. The molecule has 6 heteroatoms. The summed E-state index contributed by atoms with van der Waals surface area (Å²) >= 11 is 4.88. The van der Waals surface area contributed by atoms with Crippen molar-refractivity contribution in [2.75, 3.05) is 5.75 Å². The van der Waals surface area contributed by atoms with Gasteiger partial charge in [-0.25, -0.2) is 4.79 Å². The average Bonchev–Trinajstić information content (AvgIpc) is 3.00. The molecular formula is C19H16BrNO3S. The van der Waals surface area contributed by atoms with Crippen LogP contribution < -0.4 is 5.32 Å². The molecule has 0 aliphatic carbocycles.